The van der Waals surface area contributed by atoms with Gasteiger partial charge in [0, 0.05) is 13.2 Å². The maximum Gasteiger partial charge on any atom is 0.429 e. The summed E-state index contributed by atoms with van der Waals surface area (Å²) in [5.74, 6) is -1.48. The van der Waals surface area contributed by atoms with E-state index in [9.17, 15) is 18.4 Å². The summed E-state index contributed by atoms with van der Waals surface area (Å²) in [4.78, 5) is 29.0. The zero-order chi connectivity index (χ0) is 19.9. The van der Waals surface area contributed by atoms with E-state index in [-0.39, 0.29) is 23.6 Å². The van der Waals surface area contributed by atoms with Crippen LogP contribution >= 0.6 is 0 Å². The zero-order valence-electron chi connectivity index (χ0n) is 15.1. The van der Waals surface area contributed by atoms with Gasteiger partial charge in [-0.1, -0.05) is 0 Å². The van der Waals surface area contributed by atoms with E-state index in [1.54, 1.807) is 20.8 Å². The van der Waals surface area contributed by atoms with E-state index in [1.807, 2.05) is 0 Å². The molecule has 2 amide bonds. The lowest BCUT2D eigenvalue weighted by Gasteiger charge is -2.30. The van der Waals surface area contributed by atoms with E-state index in [4.69, 9.17) is 9.15 Å². The lowest BCUT2D eigenvalue weighted by molar-refractivity contribution is -0.0277. The molecule has 0 atom stereocenters. The monoisotopic (exact) mass is 381 g/mol. The zero-order valence-corrected chi connectivity index (χ0v) is 15.1. The van der Waals surface area contributed by atoms with Crippen molar-refractivity contribution in [2.75, 3.05) is 7.05 Å². The summed E-state index contributed by atoms with van der Waals surface area (Å²) in [6, 6.07) is 1.41. The van der Waals surface area contributed by atoms with Crippen LogP contribution in [0.3, 0.4) is 0 Å². The van der Waals surface area contributed by atoms with E-state index in [1.165, 1.54) is 24.3 Å². The molecule has 11 heteroatoms. The molecule has 9 nitrogen and oxygen atoms in total. The second-order valence-electron chi connectivity index (χ2n) is 6.83. The third-order valence-corrected chi connectivity index (χ3v) is 3.63. The summed E-state index contributed by atoms with van der Waals surface area (Å²) in [6.45, 7) is 5.21. The number of amides is 2. The number of aromatic nitrogens is 3. The van der Waals surface area contributed by atoms with Crippen molar-refractivity contribution in [2.24, 2.45) is 0 Å². The Kier molecular flexibility index (Phi) is 4.54. The van der Waals surface area contributed by atoms with Gasteiger partial charge in [0.15, 0.2) is 0 Å². The molecule has 144 valence electrons. The van der Waals surface area contributed by atoms with Crippen LogP contribution in [0.4, 0.5) is 13.6 Å². The van der Waals surface area contributed by atoms with Crippen molar-refractivity contribution >= 4 is 12.0 Å². The van der Waals surface area contributed by atoms with Gasteiger partial charge in [-0.05, 0) is 26.8 Å². The summed E-state index contributed by atoms with van der Waals surface area (Å²) in [5, 5.41) is 9.02. The van der Waals surface area contributed by atoms with Gasteiger partial charge < -0.3 is 9.15 Å². The normalized spacial score (nSPS) is 13.9. The first-order valence-corrected chi connectivity index (χ1v) is 7.96. The minimum absolute atomic E-state index is 0.0658. The molecule has 0 unspecified atom stereocenters. The molecule has 0 saturated heterocycles. The number of alkyl halides is 2. The van der Waals surface area contributed by atoms with Crippen molar-refractivity contribution in [1.29, 1.82) is 0 Å². The number of pyridine rings is 1. The Morgan fingerprint density at radius 2 is 2.07 bits per heavy atom. The second-order valence-corrected chi connectivity index (χ2v) is 6.83. The first-order valence-electron chi connectivity index (χ1n) is 7.96. The molecule has 2 aromatic heterocycles. The quantitative estimate of drug-likeness (QED) is 0.805. The molecule has 0 N–H and O–H groups in total. The lowest BCUT2D eigenvalue weighted by atomic mass is 10.1. The Morgan fingerprint density at radius 3 is 2.67 bits per heavy atom. The van der Waals surface area contributed by atoms with Crippen LogP contribution in [0.15, 0.2) is 16.7 Å². The van der Waals surface area contributed by atoms with Crippen LogP contribution in [0.1, 0.15) is 49.1 Å². The molecule has 0 fully saturated rings. The number of hydrogen-bond donors (Lipinski definition) is 0. The molecule has 1 aliphatic heterocycles. The van der Waals surface area contributed by atoms with E-state index >= 15 is 0 Å². The van der Waals surface area contributed by atoms with Crippen molar-refractivity contribution in [1.82, 2.24) is 25.2 Å². The average Bonchev–Trinajstić information content (AvgIpc) is 3.18. The smallest absolute Gasteiger partial charge is 0.429 e. The van der Waals surface area contributed by atoms with Crippen LogP contribution in [0.2, 0.25) is 0 Å². The maximum absolute atomic E-state index is 12.7. The Hall–Kier alpha value is -3.11. The van der Waals surface area contributed by atoms with Crippen LogP contribution in [-0.4, -0.2) is 49.8 Å². The fraction of sp³-hybridized carbons (Fsp3) is 0.438. The van der Waals surface area contributed by atoms with Crippen molar-refractivity contribution in [3.8, 4) is 11.5 Å². The molecule has 3 rings (SSSR count). The van der Waals surface area contributed by atoms with Crippen molar-refractivity contribution in [2.45, 2.75) is 39.3 Å². The Labute approximate surface area is 152 Å². The van der Waals surface area contributed by atoms with Crippen LogP contribution in [-0.2, 0) is 11.3 Å². The van der Waals surface area contributed by atoms with Crippen LogP contribution in [0, 0.1) is 0 Å². The van der Waals surface area contributed by atoms with E-state index < -0.39 is 29.9 Å². The van der Waals surface area contributed by atoms with E-state index in [0.717, 1.165) is 5.01 Å². The van der Waals surface area contributed by atoms with Crippen molar-refractivity contribution < 1.29 is 27.5 Å². The number of nitrogens with zero attached hydrogens (tertiary/aromatic N) is 5. The number of halogens is 2. The fourth-order valence-electron chi connectivity index (χ4n) is 2.38. The van der Waals surface area contributed by atoms with Gasteiger partial charge in [-0.15, -0.1) is 10.2 Å². The lowest BCUT2D eigenvalue weighted by Crippen LogP contribution is -2.46. The first-order chi connectivity index (χ1) is 12.6. The molecule has 27 heavy (non-hydrogen) atoms. The number of carbonyl (C=O) groups is 2. The Morgan fingerprint density at radius 1 is 1.37 bits per heavy atom. The summed E-state index contributed by atoms with van der Waals surface area (Å²) < 4.78 is 35.3. The van der Waals surface area contributed by atoms with Crippen molar-refractivity contribution in [3.63, 3.8) is 0 Å². The first kappa shape index (κ1) is 18.7. The molecule has 3 heterocycles. The van der Waals surface area contributed by atoms with Gasteiger partial charge >= 0.3 is 12.5 Å². The van der Waals surface area contributed by atoms with Gasteiger partial charge in [-0.25, -0.2) is 14.8 Å². The van der Waals surface area contributed by atoms with Crippen LogP contribution < -0.4 is 0 Å². The number of carbonyl (C=O) groups excluding carboxylic acids is 2. The number of fused-ring (bicyclic) bond motifs is 1. The van der Waals surface area contributed by atoms with E-state index in [2.05, 4.69) is 15.2 Å². The van der Waals surface area contributed by atoms with Gasteiger partial charge in [0.2, 0.25) is 5.89 Å². The molecular weight excluding hydrogens is 364 g/mol. The largest absolute Gasteiger partial charge is 0.442 e. The van der Waals surface area contributed by atoms with Gasteiger partial charge in [0.25, 0.3) is 11.8 Å². The van der Waals surface area contributed by atoms with Crippen molar-refractivity contribution in [3.05, 3.63) is 29.4 Å². The third-order valence-electron chi connectivity index (χ3n) is 3.63. The van der Waals surface area contributed by atoms with Crippen LogP contribution in [0.5, 0.6) is 0 Å². The number of hydrazine groups is 1. The van der Waals surface area contributed by atoms with Crippen LogP contribution in [0.25, 0.3) is 11.5 Å². The molecule has 0 bridgehead atoms. The summed E-state index contributed by atoms with van der Waals surface area (Å²) in [7, 11) is 1.41. The topological polar surface area (TPSA) is 102 Å². The Bertz CT molecular complexity index is 893. The predicted octanol–water partition coefficient (Wildman–Crippen LogP) is 2.81. The number of rotatable bonds is 3. The minimum Gasteiger partial charge on any atom is -0.442 e. The van der Waals surface area contributed by atoms with Gasteiger partial charge in [0.1, 0.15) is 5.60 Å². The maximum atomic E-state index is 12.7. The highest BCUT2D eigenvalue weighted by Gasteiger charge is 2.35. The molecule has 0 radical (unpaired) electrons. The third kappa shape index (κ3) is 3.71. The van der Waals surface area contributed by atoms with Gasteiger partial charge in [-0.2, -0.15) is 8.78 Å². The number of hydrogen-bond acceptors (Lipinski definition) is 7. The molecule has 0 spiro atoms. The Balaban J connectivity index is 1.82. The SMILES string of the molecule is CN(C(=O)OC(C)(C)C)N1Cc2ncc(-c3nnc(C(F)F)o3)cc2C1=O. The summed E-state index contributed by atoms with van der Waals surface area (Å²) in [5.41, 5.74) is 0.142. The predicted molar refractivity (Wildman–Crippen MR) is 86.4 cm³/mol. The molecule has 1 aliphatic rings. The minimum atomic E-state index is -2.90. The highest BCUT2D eigenvalue weighted by Crippen LogP contribution is 2.28. The standard InChI is InChI=1S/C16H17F2N5O4/c1-16(2,3)27-15(25)22(4)23-7-10-9(14(23)24)5-8(6-19-10)12-20-21-13(26-12)11(17)18/h5-6,11H,7H2,1-4H3. The van der Waals surface area contributed by atoms with Gasteiger partial charge in [-0.3, -0.25) is 9.78 Å². The molecule has 0 aliphatic carbocycles. The second kappa shape index (κ2) is 6.56. The van der Waals surface area contributed by atoms with E-state index in [0.29, 0.717) is 5.69 Å². The molecule has 0 saturated carbocycles. The highest BCUT2D eigenvalue weighted by atomic mass is 19.3. The molecule has 2 aromatic rings. The van der Waals surface area contributed by atoms with Gasteiger partial charge in [0.05, 0.1) is 23.4 Å². The number of ether oxygens (including phenoxy) is 1. The highest BCUT2D eigenvalue weighted by molar-refractivity contribution is 5.99. The molecular formula is C16H17F2N5O4. The average molecular weight is 381 g/mol. The summed E-state index contributed by atoms with van der Waals surface area (Å²) >= 11 is 0. The summed E-state index contributed by atoms with van der Waals surface area (Å²) in [6.07, 6.45) is -2.25. The fourth-order valence-corrected chi connectivity index (χ4v) is 2.38. The molecule has 0 aromatic carbocycles.